The van der Waals surface area contributed by atoms with Gasteiger partial charge in [-0.25, -0.2) is 17.9 Å². The van der Waals surface area contributed by atoms with Gasteiger partial charge in [0.05, 0.1) is 12.3 Å². The van der Waals surface area contributed by atoms with Crippen molar-refractivity contribution in [2.24, 2.45) is 0 Å². The van der Waals surface area contributed by atoms with Gasteiger partial charge in [0, 0.05) is 12.1 Å². The first-order valence-electron chi connectivity index (χ1n) is 8.67. The number of rotatable bonds is 4. The Hall–Kier alpha value is -1.80. The second-order valence-electron chi connectivity index (χ2n) is 6.99. The van der Waals surface area contributed by atoms with Gasteiger partial charge in [0.15, 0.2) is 0 Å². The molecule has 1 fully saturated rings. The molecule has 0 aromatic heterocycles. The van der Waals surface area contributed by atoms with Crippen molar-refractivity contribution in [1.29, 1.82) is 0 Å². The van der Waals surface area contributed by atoms with Crippen LogP contribution in [0.3, 0.4) is 0 Å². The molecule has 1 aromatic rings. The summed E-state index contributed by atoms with van der Waals surface area (Å²) in [5.41, 5.74) is 1.90. The van der Waals surface area contributed by atoms with E-state index in [0.717, 1.165) is 49.7 Å². The largest absolute Gasteiger partial charge is 0.508 e. The SMILES string of the molecule is CS(=O)(=O)NC1CCC(NC(=O)NC2CCc3c(O)cccc32)CC1. The number of amides is 2. The van der Waals surface area contributed by atoms with E-state index in [-0.39, 0.29) is 24.2 Å². The minimum absolute atomic E-state index is 0.0409. The van der Waals surface area contributed by atoms with E-state index in [9.17, 15) is 18.3 Å². The number of fused-ring (bicyclic) bond motifs is 1. The first-order valence-corrected chi connectivity index (χ1v) is 10.6. The summed E-state index contributed by atoms with van der Waals surface area (Å²) in [6.45, 7) is 0. The molecule has 25 heavy (non-hydrogen) atoms. The molecule has 1 aromatic carbocycles. The molecule has 0 radical (unpaired) electrons. The predicted octanol–water partition coefficient (Wildman–Crippen LogP) is 1.54. The number of benzene rings is 1. The molecule has 3 rings (SSSR count). The van der Waals surface area contributed by atoms with Crippen LogP contribution in [-0.4, -0.2) is 37.9 Å². The zero-order valence-corrected chi connectivity index (χ0v) is 15.1. The van der Waals surface area contributed by atoms with E-state index in [4.69, 9.17) is 0 Å². The number of carbonyl (C=O) groups is 1. The Bertz CT molecular complexity index is 742. The highest BCUT2D eigenvalue weighted by Gasteiger charge is 2.28. The highest BCUT2D eigenvalue weighted by atomic mass is 32.2. The van der Waals surface area contributed by atoms with Crippen molar-refractivity contribution in [3.8, 4) is 5.75 Å². The van der Waals surface area contributed by atoms with E-state index < -0.39 is 10.0 Å². The smallest absolute Gasteiger partial charge is 0.315 e. The number of carbonyl (C=O) groups excluding carboxylic acids is 1. The van der Waals surface area contributed by atoms with Gasteiger partial charge in [-0.15, -0.1) is 0 Å². The first-order chi connectivity index (χ1) is 11.8. The summed E-state index contributed by atoms with van der Waals surface area (Å²) in [4.78, 5) is 12.3. The predicted molar refractivity (Wildman–Crippen MR) is 94.9 cm³/mol. The Morgan fingerprint density at radius 2 is 1.76 bits per heavy atom. The van der Waals surface area contributed by atoms with Crippen molar-refractivity contribution in [3.05, 3.63) is 29.3 Å². The Morgan fingerprint density at radius 3 is 2.44 bits per heavy atom. The van der Waals surface area contributed by atoms with Crippen LogP contribution in [0.1, 0.15) is 49.3 Å². The van der Waals surface area contributed by atoms with Crippen molar-refractivity contribution in [2.75, 3.05) is 6.26 Å². The minimum Gasteiger partial charge on any atom is -0.508 e. The normalized spacial score (nSPS) is 26.0. The molecular formula is C17H25N3O4S. The number of urea groups is 1. The third kappa shape index (κ3) is 4.64. The molecule has 2 amide bonds. The van der Waals surface area contributed by atoms with Gasteiger partial charge in [0.25, 0.3) is 0 Å². The zero-order chi connectivity index (χ0) is 18.0. The fourth-order valence-corrected chi connectivity index (χ4v) is 4.67. The van der Waals surface area contributed by atoms with Crippen LogP contribution in [0.5, 0.6) is 5.75 Å². The van der Waals surface area contributed by atoms with Crippen molar-refractivity contribution >= 4 is 16.1 Å². The highest BCUT2D eigenvalue weighted by Crippen LogP contribution is 2.36. The summed E-state index contributed by atoms with van der Waals surface area (Å²) in [6, 6.07) is 5.14. The van der Waals surface area contributed by atoms with Gasteiger partial charge in [-0.3, -0.25) is 0 Å². The molecule has 138 valence electrons. The second-order valence-corrected chi connectivity index (χ2v) is 8.77. The lowest BCUT2D eigenvalue weighted by Gasteiger charge is -2.29. The molecule has 2 aliphatic carbocycles. The average molecular weight is 367 g/mol. The van der Waals surface area contributed by atoms with Crippen LogP contribution in [0, 0.1) is 0 Å². The zero-order valence-electron chi connectivity index (χ0n) is 14.3. The number of phenols is 1. The molecule has 7 nitrogen and oxygen atoms in total. The van der Waals surface area contributed by atoms with Crippen LogP contribution in [0.15, 0.2) is 18.2 Å². The molecule has 0 aliphatic heterocycles. The summed E-state index contributed by atoms with van der Waals surface area (Å²) in [5.74, 6) is 0.291. The standard InChI is InChI=1S/C17H25N3O4S/c1-25(23,24)20-12-7-5-11(6-8-12)18-17(22)19-15-10-9-14-13(15)3-2-4-16(14)21/h2-4,11-12,15,20-21H,5-10H2,1H3,(H2,18,19,22). The number of sulfonamides is 1. The van der Waals surface area contributed by atoms with E-state index in [1.807, 2.05) is 6.07 Å². The van der Waals surface area contributed by atoms with E-state index in [1.54, 1.807) is 12.1 Å². The van der Waals surface area contributed by atoms with Crippen molar-refractivity contribution in [1.82, 2.24) is 15.4 Å². The van der Waals surface area contributed by atoms with Crippen molar-refractivity contribution < 1.29 is 18.3 Å². The summed E-state index contributed by atoms with van der Waals surface area (Å²) < 4.78 is 25.2. The third-order valence-electron chi connectivity index (χ3n) is 4.99. The fourth-order valence-electron chi connectivity index (χ4n) is 3.83. The van der Waals surface area contributed by atoms with Gasteiger partial charge in [-0.05, 0) is 55.7 Å². The van der Waals surface area contributed by atoms with Gasteiger partial charge in [0.1, 0.15) is 5.75 Å². The molecular weight excluding hydrogens is 342 g/mol. The molecule has 0 heterocycles. The third-order valence-corrected chi connectivity index (χ3v) is 5.76. The fraction of sp³-hybridized carbons (Fsp3) is 0.588. The van der Waals surface area contributed by atoms with Gasteiger partial charge >= 0.3 is 6.03 Å². The number of aromatic hydroxyl groups is 1. The average Bonchev–Trinajstić information content (AvgIpc) is 2.92. The van der Waals surface area contributed by atoms with Gasteiger partial charge in [0.2, 0.25) is 10.0 Å². The van der Waals surface area contributed by atoms with Crippen LogP contribution in [0.25, 0.3) is 0 Å². The van der Waals surface area contributed by atoms with Crippen LogP contribution in [0.4, 0.5) is 4.79 Å². The molecule has 0 spiro atoms. The lowest BCUT2D eigenvalue weighted by molar-refractivity contribution is 0.226. The summed E-state index contributed by atoms with van der Waals surface area (Å²) in [6.07, 6.45) is 5.66. The van der Waals surface area contributed by atoms with E-state index in [1.165, 1.54) is 6.26 Å². The highest BCUT2D eigenvalue weighted by molar-refractivity contribution is 7.88. The monoisotopic (exact) mass is 367 g/mol. The summed E-state index contributed by atoms with van der Waals surface area (Å²) in [5, 5.41) is 15.8. The lowest BCUT2D eigenvalue weighted by Crippen LogP contribution is -2.47. The minimum atomic E-state index is -3.18. The Morgan fingerprint density at radius 1 is 1.08 bits per heavy atom. The molecule has 0 saturated heterocycles. The van der Waals surface area contributed by atoms with E-state index in [2.05, 4.69) is 15.4 Å². The van der Waals surface area contributed by atoms with Crippen molar-refractivity contribution in [2.45, 2.75) is 56.7 Å². The van der Waals surface area contributed by atoms with Gasteiger partial charge in [-0.2, -0.15) is 0 Å². The number of hydrogen-bond donors (Lipinski definition) is 4. The Labute approximate surface area is 148 Å². The van der Waals surface area contributed by atoms with Crippen LogP contribution in [0.2, 0.25) is 0 Å². The molecule has 2 aliphatic rings. The Balaban J connectivity index is 1.48. The van der Waals surface area contributed by atoms with Crippen LogP contribution < -0.4 is 15.4 Å². The van der Waals surface area contributed by atoms with Gasteiger partial charge < -0.3 is 15.7 Å². The molecule has 1 unspecified atom stereocenters. The number of phenolic OH excluding ortho intramolecular Hbond substituents is 1. The van der Waals surface area contributed by atoms with E-state index >= 15 is 0 Å². The maximum atomic E-state index is 12.3. The van der Waals surface area contributed by atoms with Crippen LogP contribution in [-0.2, 0) is 16.4 Å². The lowest BCUT2D eigenvalue weighted by atomic mass is 9.92. The quantitative estimate of drug-likeness (QED) is 0.647. The molecule has 8 heteroatoms. The maximum Gasteiger partial charge on any atom is 0.315 e. The first kappa shape index (κ1) is 18.0. The summed E-state index contributed by atoms with van der Waals surface area (Å²) in [7, 11) is -3.18. The molecule has 4 N–H and O–H groups in total. The Kier molecular flexibility index (Phi) is 5.19. The van der Waals surface area contributed by atoms with Gasteiger partial charge in [-0.1, -0.05) is 12.1 Å². The van der Waals surface area contributed by atoms with Crippen LogP contribution >= 0.6 is 0 Å². The van der Waals surface area contributed by atoms with E-state index in [0.29, 0.717) is 5.75 Å². The number of nitrogens with one attached hydrogen (secondary N) is 3. The topological polar surface area (TPSA) is 108 Å². The second kappa shape index (κ2) is 7.21. The maximum absolute atomic E-state index is 12.3. The summed E-state index contributed by atoms with van der Waals surface area (Å²) >= 11 is 0. The molecule has 1 saturated carbocycles. The number of hydrogen-bond acceptors (Lipinski definition) is 4. The molecule has 0 bridgehead atoms. The van der Waals surface area contributed by atoms with Crippen molar-refractivity contribution in [3.63, 3.8) is 0 Å². The molecule has 1 atom stereocenters.